The Morgan fingerprint density at radius 1 is 1.26 bits per heavy atom. The van der Waals surface area contributed by atoms with Crippen molar-refractivity contribution in [3.63, 3.8) is 0 Å². The van der Waals surface area contributed by atoms with Gasteiger partial charge in [0.1, 0.15) is 0 Å². The Bertz CT molecular complexity index is 652. The van der Waals surface area contributed by atoms with Gasteiger partial charge in [0.05, 0.1) is 10.6 Å². The van der Waals surface area contributed by atoms with Gasteiger partial charge in [-0.05, 0) is 18.4 Å². The van der Waals surface area contributed by atoms with Gasteiger partial charge in [-0.25, -0.2) is 4.79 Å². The lowest BCUT2D eigenvalue weighted by molar-refractivity contribution is -0.435. The van der Waals surface area contributed by atoms with Crippen molar-refractivity contribution in [2.24, 2.45) is 0 Å². The lowest BCUT2D eigenvalue weighted by Crippen LogP contribution is -2.48. The zero-order valence-electron chi connectivity index (χ0n) is 12.8. The minimum Gasteiger partial charge on any atom is -0.305 e. The van der Waals surface area contributed by atoms with Crippen molar-refractivity contribution in [1.82, 2.24) is 10.2 Å². The summed E-state index contributed by atoms with van der Waals surface area (Å²) < 4.78 is 0. The SMILES string of the molecule is C=CCCC1=C([N+](=O)[O-])C(c2ccccc2)N(CC=C)C(=O)N1. The number of hydrogen-bond acceptors (Lipinski definition) is 3. The van der Waals surface area contributed by atoms with E-state index in [1.54, 1.807) is 36.4 Å². The van der Waals surface area contributed by atoms with Crippen molar-refractivity contribution >= 4 is 6.03 Å². The van der Waals surface area contributed by atoms with Crippen molar-refractivity contribution in [3.8, 4) is 0 Å². The zero-order chi connectivity index (χ0) is 16.8. The molecule has 6 nitrogen and oxygen atoms in total. The summed E-state index contributed by atoms with van der Waals surface area (Å²) in [5.74, 6) is 0. The summed E-state index contributed by atoms with van der Waals surface area (Å²) in [5, 5.41) is 14.3. The lowest BCUT2D eigenvalue weighted by atomic mass is 9.97. The number of allylic oxidation sites excluding steroid dienone is 2. The normalized spacial score (nSPS) is 17.7. The van der Waals surface area contributed by atoms with Crippen molar-refractivity contribution in [1.29, 1.82) is 0 Å². The number of nitrogens with one attached hydrogen (secondary N) is 1. The summed E-state index contributed by atoms with van der Waals surface area (Å²) >= 11 is 0. The summed E-state index contributed by atoms with van der Waals surface area (Å²) in [4.78, 5) is 25.1. The second kappa shape index (κ2) is 7.40. The third-order valence-corrected chi connectivity index (χ3v) is 3.63. The van der Waals surface area contributed by atoms with E-state index in [0.717, 1.165) is 0 Å². The molecule has 1 atom stereocenters. The van der Waals surface area contributed by atoms with Gasteiger partial charge in [-0.15, -0.1) is 13.2 Å². The summed E-state index contributed by atoms with van der Waals surface area (Å²) in [6, 6.07) is 7.91. The molecule has 1 aliphatic heterocycles. The predicted octanol–water partition coefficient (Wildman–Crippen LogP) is 3.39. The number of carbonyl (C=O) groups excluding carboxylic acids is 1. The molecular formula is C17H19N3O3. The van der Waals surface area contributed by atoms with Crippen LogP contribution >= 0.6 is 0 Å². The maximum absolute atomic E-state index is 12.4. The Labute approximate surface area is 134 Å². The van der Waals surface area contributed by atoms with Gasteiger partial charge >= 0.3 is 6.03 Å². The van der Waals surface area contributed by atoms with E-state index >= 15 is 0 Å². The van der Waals surface area contributed by atoms with E-state index in [4.69, 9.17) is 0 Å². The first kappa shape index (κ1) is 16.5. The van der Waals surface area contributed by atoms with Crippen LogP contribution in [0.4, 0.5) is 4.79 Å². The summed E-state index contributed by atoms with van der Waals surface area (Å²) in [7, 11) is 0. The van der Waals surface area contributed by atoms with Crippen LogP contribution in [0.15, 0.2) is 67.0 Å². The second-order valence-corrected chi connectivity index (χ2v) is 5.13. The van der Waals surface area contributed by atoms with Crippen molar-refractivity contribution < 1.29 is 9.72 Å². The molecule has 1 aromatic rings. The molecule has 0 saturated carbocycles. The summed E-state index contributed by atoms with van der Waals surface area (Å²) in [6.07, 6.45) is 4.15. The van der Waals surface area contributed by atoms with Crippen LogP contribution in [0.1, 0.15) is 24.4 Å². The molecule has 0 fully saturated rings. The Kier molecular flexibility index (Phi) is 5.30. The number of amides is 2. The van der Waals surface area contributed by atoms with Gasteiger partial charge in [-0.1, -0.05) is 42.5 Å². The molecule has 1 aromatic carbocycles. The highest BCUT2D eigenvalue weighted by Crippen LogP contribution is 2.34. The average Bonchev–Trinajstić information content (AvgIpc) is 2.55. The third kappa shape index (κ3) is 3.48. The van der Waals surface area contributed by atoms with Crippen molar-refractivity contribution in [3.05, 3.63) is 82.7 Å². The smallest absolute Gasteiger partial charge is 0.305 e. The largest absolute Gasteiger partial charge is 0.323 e. The zero-order valence-corrected chi connectivity index (χ0v) is 12.8. The molecule has 0 radical (unpaired) electrons. The maximum Gasteiger partial charge on any atom is 0.323 e. The van der Waals surface area contributed by atoms with Gasteiger partial charge in [0.2, 0.25) is 0 Å². The Balaban J connectivity index is 2.58. The van der Waals surface area contributed by atoms with Crippen LogP contribution in [0.3, 0.4) is 0 Å². The Morgan fingerprint density at radius 2 is 1.96 bits per heavy atom. The van der Waals surface area contributed by atoms with E-state index in [-0.39, 0.29) is 18.3 Å². The van der Waals surface area contributed by atoms with Gasteiger partial charge in [-0.2, -0.15) is 0 Å². The molecule has 1 unspecified atom stereocenters. The molecule has 120 valence electrons. The first-order chi connectivity index (χ1) is 11.1. The fourth-order valence-electron chi connectivity index (χ4n) is 2.64. The molecular weight excluding hydrogens is 294 g/mol. The molecule has 0 bridgehead atoms. The molecule has 1 aliphatic rings. The third-order valence-electron chi connectivity index (χ3n) is 3.63. The molecule has 0 saturated heterocycles. The van der Waals surface area contributed by atoms with E-state index in [0.29, 0.717) is 24.1 Å². The van der Waals surface area contributed by atoms with Crippen LogP contribution in [0.2, 0.25) is 0 Å². The minimum absolute atomic E-state index is 0.000463. The number of carbonyl (C=O) groups is 1. The number of benzene rings is 1. The van der Waals surface area contributed by atoms with Crippen LogP contribution in [0, 0.1) is 10.1 Å². The van der Waals surface area contributed by atoms with Gasteiger partial charge in [0, 0.05) is 6.54 Å². The molecule has 2 amide bonds. The van der Waals surface area contributed by atoms with E-state index in [1.165, 1.54) is 4.90 Å². The molecule has 2 rings (SSSR count). The van der Waals surface area contributed by atoms with Crippen LogP contribution in [-0.2, 0) is 0 Å². The number of nitrogens with zero attached hydrogens (tertiary/aromatic N) is 2. The topological polar surface area (TPSA) is 75.5 Å². The molecule has 0 aromatic heterocycles. The highest BCUT2D eigenvalue weighted by atomic mass is 16.6. The van der Waals surface area contributed by atoms with Crippen LogP contribution in [-0.4, -0.2) is 22.4 Å². The van der Waals surface area contributed by atoms with Crippen molar-refractivity contribution in [2.75, 3.05) is 6.54 Å². The summed E-state index contributed by atoms with van der Waals surface area (Å²) in [6.45, 7) is 7.48. The average molecular weight is 313 g/mol. The van der Waals surface area contributed by atoms with Gasteiger partial charge in [-0.3, -0.25) is 10.1 Å². The van der Waals surface area contributed by atoms with Crippen LogP contribution < -0.4 is 5.32 Å². The first-order valence-corrected chi connectivity index (χ1v) is 7.32. The Morgan fingerprint density at radius 3 is 2.52 bits per heavy atom. The van der Waals surface area contributed by atoms with E-state index in [2.05, 4.69) is 18.5 Å². The van der Waals surface area contributed by atoms with Gasteiger partial charge in [0.15, 0.2) is 6.04 Å². The van der Waals surface area contributed by atoms with E-state index < -0.39 is 11.0 Å². The van der Waals surface area contributed by atoms with E-state index in [1.807, 2.05) is 6.07 Å². The molecule has 0 aliphatic carbocycles. The van der Waals surface area contributed by atoms with Crippen molar-refractivity contribution in [2.45, 2.75) is 18.9 Å². The lowest BCUT2D eigenvalue weighted by Gasteiger charge is -2.34. The van der Waals surface area contributed by atoms with Gasteiger partial charge in [0.25, 0.3) is 5.70 Å². The van der Waals surface area contributed by atoms with Gasteiger partial charge < -0.3 is 10.2 Å². The molecule has 1 N–H and O–H groups in total. The summed E-state index contributed by atoms with van der Waals surface area (Å²) in [5.41, 5.74) is 1.04. The standard InChI is InChI=1S/C17H19N3O3/c1-3-5-11-14-16(20(22)23)15(13-9-7-6-8-10-13)19(12-4-2)17(21)18-14/h3-4,6-10,15H,1-2,5,11-12H2,(H,18,21). The number of urea groups is 1. The fraction of sp³-hybridized carbons (Fsp3) is 0.235. The molecule has 0 spiro atoms. The quantitative estimate of drug-likeness (QED) is 0.476. The van der Waals surface area contributed by atoms with E-state index in [9.17, 15) is 14.9 Å². The predicted molar refractivity (Wildman–Crippen MR) is 88.1 cm³/mol. The molecule has 1 heterocycles. The number of hydrogen-bond donors (Lipinski definition) is 1. The molecule has 6 heteroatoms. The monoisotopic (exact) mass is 313 g/mol. The minimum atomic E-state index is -0.738. The second-order valence-electron chi connectivity index (χ2n) is 5.13. The van der Waals surface area contributed by atoms with Crippen LogP contribution in [0.25, 0.3) is 0 Å². The Hall–Kier alpha value is -2.89. The first-order valence-electron chi connectivity index (χ1n) is 7.32. The maximum atomic E-state index is 12.4. The highest BCUT2D eigenvalue weighted by molar-refractivity contribution is 5.79. The fourth-order valence-corrected chi connectivity index (χ4v) is 2.64. The highest BCUT2D eigenvalue weighted by Gasteiger charge is 2.41. The number of rotatable bonds is 7. The molecule has 23 heavy (non-hydrogen) atoms. The van der Waals surface area contributed by atoms with Crippen LogP contribution in [0.5, 0.6) is 0 Å². The number of nitro groups is 1.